The second-order valence-corrected chi connectivity index (χ2v) is 4.76. The highest BCUT2D eigenvalue weighted by molar-refractivity contribution is 9.10. The second kappa shape index (κ2) is 6.08. The van der Waals surface area contributed by atoms with Crippen molar-refractivity contribution in [3.8, 4) is 0 Å². The van der Waals surface area contributed by atoms with Gasteiger partial charge in [0.1, 0.15) is 5.82 Å². The molecule has 1 aromatic rings. The smallest absolute Gasteiger partial charge is 0.126 e. The van der Waals surface area contributed by atoms with Crippen molar-refractivity contribution in [2.75, 3.05) is 32.5 Å². The van der Waals surface area contributed by atoms with Gasteiger partial charge in [-0.15, -0.1) is 0 Å². The Balaban J connectivity index is 2.35. The summed E-state index contributed by atoms with van der Waals surface area (Å²) in [6.07, 6.45) is 2.97. The van der Waals surface area contributed by atoms with Crippen molar-refractivity contribution in [3.63, 3.8) is 0 Å². The number of nitrogens with one attached hydrogen (secondary N) is 1. The highest BCUT2D eigenvalue weighted by Gasteiger charge is 1.98. The highest BCUT2D eigenvalue weighted by Crippen LogP contribution is 2.16. The second-order valence-electron chi connectivity index (χ2n) is 3.90. The zero-order valence-electron chi connectivity index (χ0n) is 9.55. The summed E-state index contributed by atoms with van der Waals surface area (Å²) in [5.74, 6) is 0.953. The van der Waals surface area contributed by atoms with Gasteiger partial charge in [0.05, 0.1) is 0 Å². The lowest BCUT2D eigenvalue weighted by Crippen LogP contribution is -2.16. The van der Waals surface area contributed by atoms with E-state index in [1.807, 2.05) is 6.20 Å². The van der Waals surface area contributed by atoms with Crippen molar-refractivity contribution in [1.29, 1.82) is 0 Å². The first-order valence-corrected chi connectivity index (χ1v) is 5.89. The largest absolute Gasteiger partial charge is 0.370 e. The first-order chi connectivity index (χ1) is 7.09. The Morgan fingerprint density at radius 2 is 2.20 bits per heavy atom. The van der Waals surface area contributed by atoms with Crippen LogP contribution in [0.3, 0.4) is 0 Å². The van der Waals surface area contributed by atoms with Crippen molar-refractivity contribution in [1.82, 2.24) is 9.88 Å². The molecule has 1 N–H and O–H groups in total. The lowest BCUT2D eigenvalue weighted by atomic mass is 10.3. The molecule has 0 unspecified atom stereocenters. The van der Waals surface area contributed by atoms with E-state index < -0.39 is 0 Å². The van der Waals surface area contributed by atoms with E-state index in [1.165, 1.54) is 5.56 Å². The van der Waals surface area contributed by atoms with Gasteiger partial charge in [0.15, 0.2) is 0 Å². The van der Waals surface area contributed by atoms with Crippen LogP contribution in [0.25, 0.3) is 0 Å². The van der Waals surface area contributed by atoms with Crippen LogP contribution in [-0.4, -0.2) is 37.1 Å². The lowest BCUT2D eigenvalue weighted by Gasteiger charge is -2.10. The van der Waals surface area contributed by atoms with Gasteiger partial charge in [0.25, 0.3) is 0 Å². The molecule has 15 heavy (non-hydrogen) atoms. The standard InChI is InChI=1S/C11H18BrN3/c1-9-7-11(14-8-10(9)12)13-5-4-6-15(2)3/h7-8H,4-6H2,1-3H3,(H,13,14). The van der Waals surface area contributed by atoms with Gasteiger partial charge in [-0.05, 0) is 61.5 Å². The summed E-state index contributed by atoms with van der Waals surface area (Å²) < 4.78 is 1.06. The molecule has 1 aromatic heterocycles. The fourth-order valence-corrected chi connectivity index (χ4v) is 1.46. The molecule has 4 heteroatoms. The van der Waals surface area contributed by atoms with Crippen molar-refractivity contribution in [2.24, 2.45) is 0 Å². The SMILES string of the molecule is Cc1cc(NCCCN(C)C)ncc1Br. The van der Waals surface area contributed by atoms with Gasteiger partial charge in [0.2, 0.25) is 0 Å². The van der Waals surface area contributed by atoms with E-state index in [0.717, 1.165) is 29.8 Å². The number of hydrogen-bond acceptors (Lipinski definition) is 3. The molecule has 0 aromatic carbocycles. The van der Waals surface area contributed by atoms with Crippen LogP contribution in [0.1, 0.15) is 12.0 Å². The molecular weight excluding hydrogens is 254 g/mol. The van der Waals surface area contributed by atoms with Gasteiger partial charge in [-0.25, -0.2) is 4.98 Å². The minimum atomic E-state index is 0.953. The van der Waals surface area contributed by atoms with Crippen LogP contribution in [0.2, 0.25) is 0 Å². The number of aryl methyl sites for hydroxylation is 1. The van der Waals surface area contributed by atoms with Gasteiger partial charge in [-0.2, -0.15) is 0 Å². The van der Waals surface area contributed by atoms with Crippen molar-refractivity contribution in [2.45, 2.75) is 13.3 Å². The first kappa shape index (κ1) is 12.5. The van der Waals surface area contributed by atoms with Crippen LogP contribution in [0.5, 0.6) is 0 Å². The molecular formula is C11H18BrN3. The molecule has 0 radical (unpaired) electrons. The zero-order chi connectivity index (χ0) is 11.3. The van der Waals surface area contributed by atoms with E-state index in [2.05, 4.69) is 58.2 Å². The number of anilines is 1. The van der Waals surface area contributed by atoms with E-state index in [0.29, 0.717) is 0 Å². The molecule has 3 nitrogen and oxygen atoms in total. The normalized spacial score (nSPS) is 10.7. The predicted octanol–water partition coefficient (Wildman–Crippen LogP) is 2.52. The number of halogens is 1. The summed E-state index contributed by atoms with van der Waals surface area (Å²) in [7, 11) is 4.17. The Kier molecular flexibility index (Phi) is 5.05. The van der Waals surface area contributed by atoms with Gasteiger partial charge in [-0.3, -0.25) is 0 Å². The monoisotopic (exact) mass is 271 g/mol. The fourth-order valence-electron chi connectivity index (χ4n) is 1.25. The van der Waals surface area contributed by atoms with Crippen molar-refractivity contribution in [3.05, 3.63) is 22.3 Å². The molecule has 0 bridgehead atoms. The number of rotatable bonds is 5. The summed E-state index contributed by atoms with van der Waals surface area (Å²) in [6, 6.07) is 2.06. The third kappa shape index (κ3) is 4.62. The summed E-state index contributed by atoms with van der Waals surface area (Å²) in [4.78, 5) is 6.47. The molecule has 0 fully saturated rings. The maximum absolute atomic E-state index is 4.28. The minimum absolute atomic E-state index is 0.953. The van der Waals surface area contributed by atoms with Crippen LogP contribution in [-0.2, 0) is 0 Å². The van der Waals surface area contributed by atoms with Gasteiger partial charge in [-0.1, -0.05) is 0 Å². The Morgan fingerprint density at radius 1 is 1.47 bits per heavy atom. The van der Waals surface area contributed by atoms with E-state index in [1.54, 1.807) is 0 Å². The van der Waals surface area contributed by atoms with E-state index in [-0.39, 0.29) is 0 Å². The Morgan fingerprint density at radius 3 is 2.80 bits per heavy atom. The van der Waals surface area contributed by atoms with E-state index >= 15 is 0 Å². The van der Waals surface area contributed by atoms with E-state index in [4.69, 9.17) is 0 Å². The topological polar surface area (TPSA) is 28.2 Å². The van der Waals surface area contributed by atoms with Crippen LogP contribution in [0, 0.1) is 6.92 Å². The maximum atomic E-state index is 4.28. The molecule has 0 spiro atoms. The van der Waals surface area contributed by atoms with Crippen LogP contribution in [0.15, 0.2) is 16.7 Å². The van der Waals surface area contributed by atoms with Crippen molar-refractivity contribution >= 4 is 21.7 Å². The summed E-state index contributed by atoms with van der Waals surface area (Å²) >= 11 is 3.43. The molecule has 1 heterocycles. The molecule has 0 aliphatic rings. The molecule has 84 valence electrons. The Labute approximate surface area is 100 Å². The summed E-state index contributed by atoms with van der Waals surface area (Å²) in [6.45, 7) is 4.13. The Bertz CT molecular complexity index is 313. The molecule has 0 atom stereocenters. The number of hydrogen-bond donors (Lipinski definition) is 1. The minimum Gasteiger partial charge on any atom is -0.370 e. The van der Waals surface area contributed by atoms with Crippen molar-refractivity contribution < 1.29 is 0 Å². The quantitative estimate of drug-likeness (QED) is 0.835. The number of aromatic nitrogens is 1. The predicted molar refractivity (Wildman–Crippen MR) is 68.3 cm³/mol. The summed E-state index contributed by atoms with van der Waals surface area (Å²) in [5.41, 5.74) is 1.21. The van der Waals surface area contributed by atoms with Gasteiger partial charge < -0.3 is 10.2 Å². The maximum Gasteiger partial charge on any atom is 0.126 e. The highest BCUT2D eigenvalue weighted by atomic mass is 79.9. The number of pyridine rings is 1. The first-order valence-electron chi connectivity index (χ1n) is 5.10. The average molecular weight is 272 g/mol. The number of nitrogens with zero attached hydrogens (tertiary/aromatic N) is 2. The molecule has 0 saturated heterocycles. The Hall–Kier alpha value is -0.610. The third-order valence-corrected chi connectivity index (χ3v) is 2.97. The van der Waals surface area contributed by atoms with Gasteiger partial charge >= 0.3 is 0 Å². The molecule has 0 aliphatic heterocycles. The molecule has 0 amide bonds. The molecule has 0 aliphatic carbocycles. The van der Waals surface area contributed by atoms with Gasteiger partial charge in [0, 0.05) is 17.2 Å². The third-order valence-electron chi connectivity index (χ3n) is 2.14. The summed E-state index contributed by atoms with van der Waals surface area (Å²) in [5, 5.41) is 3.31. The van der Waals surface area contributed by atoms with Crippen LogP contribution in [0.4, 0.5) is 5.82 Å². The average Bonchev–Trinajstić information content (AvgIpc) is 2.18. The fraction of sp³-hybridized carbons (Fsp3) is 0.545. The van der Waals surface area contributed by atoms with Crippen LogP contribution >= 0.6 is 15.9 Å². The van der Waals surface area contributed by atoms with E-state index in [9.17, 15) is 0 Å². The van der Waals surface area contributed by atoms with Crippen LogP contribution < -0.4 is 5.32 Å². The zero-order valence-corrected chi connectivity index (χ0v) is 11.1. The lowest BCUT2D eigenvalue weighted by molar-refractivity contribution is 0.405. The molecule has 0 saturated carbocycles. The molecule has 1 rings (SSSR count).